The molecule has 4 N–H and O–H groups in total. The number of aromatic nitrogens is 1. The molecule has 2 atom stereocenters. The van der Waals surface area contributed by atoms with E-state index in [9.17, 15) is 19.5 Å². The minimum absolute atomic E-state index is 0.157. The second kappa shape index (κ2) is 11.4. The van der Waals surface area contributed by atoms with E-state index in [0.29, 0.717) is 16.3 Å². The Labute approximate surface area is 201 Å². The predicted molar refractivity (Wildman–Crippen MR) is 128 cm³/mol. The molecule has 0 saturated heterocycles. The monoisotopic (exact) mass is 481 g/mol. The number of carboxylic acid groups (broad SMARTS) is 1. The molecule has 0 fully saturated rings. The van der Waals surface area contributed by atoms with Gasteiger partial charge in [-0.2, -0.15) is 0 Å². The van der Waals surface area contributed by atoms with Crippen molar-refractivity contribution in [2.24, 2.45) is 0 Å². The first-order valence-corrected chi connectivity index (χ1v) is 10.9. The lowest BCUT2D eigenvalue weighted by molar-refractivity contribution is -0.147. The number of aliphatic hydroxyl groups is 1. The number of nitrogens with one attached hydrogen (secondary N) is 2. The summed E-state index contributed by atoms with van der Waals surface area (Å²) in [6, 6.07) is 15.8. The summed E-state index contributed by atoms with van der Waals surface area (Å²) in [5.74, 6) is -3.31. The van der Waals surface area contributed by atoms with Crippen LogP contribution in [0.15, 0.2) is 67.0 Å². The Morgan fingerprint density at radius 1 is 1.06 bits per heavy atom. The van der Waals surface area contributed by atoms with Gasteiger partial charge in [-0.25, -0.2) is 4.79 Å². The number of pyridine rings is 1. The van der Waals surface area contributed by atoms with Crippen molar-refractivity contribution < 1.29 is 24.6 Å². The first-order valence-electron chi connectivity index (χ1n) is 10.5. The molecule has 0 bridgehead atoms. The molecule has 2 aromatic carbocycles. The van der Waals surface area contributed by atoms with Gasteiger partial charge in [-0.1, -0.05) is 54.1 Å². The number of anilines is 1. The van der Waals surface area contributed by atoms with Crippen LogP contribution in [0.4, 0.5) is 5.69 Å². The number of benzene rings is 2. The molecule has 176 valence electrons. The molecule has 0 aliphatic rings. The third-order valence-corrected chi connectivity index (χ3v) is 5.53. The lowest BCUT2D eigenvalue weighted by Gasteiger charge is -2.21. The summed E-state index contributed by atoms with van der Waals surface area (Å²) in [5, 5.41) is 24.4. The Bertz CT molecular complexity index is 1190. The van der Waals surface area contributed by atoms with Crippen molar-refractivity contribution in [1.82, 2.24) is 10.3 Å². The van der Waals surface area contributed by atoms with E-state index < -0.39 is 29.9 Å². The van der Waals surface area contributed by atoms with Gasteiger partial charge in [-0.3, -0.25) is 14.6 Å². The van der Waals surface area contributed by atoms with E-state index in [1.165, 1.54) is 6.20 Å². The Kier molecular flexibility index (Phi) is 8.34. The molecule has 3 rings (SSSR count). The van der Waals surface area contributed by atoms with E-state index in [1.54, 1.807) is 31.3 Å². The van der Waals surface area contributed by atoms with Crippen LogP contribution in [0.25, 0.3) is 11.1 Å². The SMILES string of the molecule is Cc1ccncc1NC(=O)C(=O)N[C@H](Cc1ccc(-c2ccccc2)c(Cl)c1)C[C@@H](O)C(=O)O. The third-order valence-electron chi connectivity index (χ3n) is 5.22. The van der Waals surface area contributed by atoms with Gasteiger partial charge in [-0.05, 0) is 42.2 Å². The summed E-state index contributed by atoms with van der Waals surface area (Å²) in [4.78, 5) is 40.0. The zero-order chi connectivity index (χ0) is 24.7. The number of hydrogen-bond acceptors (Lipinski definition) is 5. The number of aliphatic hydroxyl groups excluding tert-OH is 1. The fraction of sp³-hybridized carbons (Fsp3) is 0.200. The van der Waals surface area contributed by atoms with Crippen LogP contribution in [-0.4, -0.2) is 45.1 Å². The van der Waals surface area contributed by atoms with Gasteiger partial charge in [0.2, 0.25) is 0 Å². The summed E-state index contributed by atoms with van der Waals surface area (Å²) in [6.45, 7) is 1.75. The number of aliphatic carboxylic acids is 1. The van der Waals surface area contributed by atoms with Crippen molar-refractivity contribution in [3.05, 3.63) is 83.1 Å². The highest BCUT2D eigenvalue weighted by Crippen LogP contribution is 2.29. The summed E-state index contributed by atoms with van der Waals surface area (Å²) in [7, 11) is 0. The quantitative estimate of drug-likeness (QED) is 0.366. The molecule has 9 heteroatoms. The first kappa shape index (κ1) is 24.9. The highest BCUT2D eigenvalue weighted by molar-refractivity contribution is 6.39. The molecule has 0 radical (unpaired) electrons. The van der Waals surface area contributed by atoms with Gasteiger partial charge in [0, 0.05) is 29.2 Å². The lowest BCUT2D eigenvalue weighted by Crippen LogP contribution is -2.45. The first-order chi connectivity index (χ1) is 16.2. The number of carbonyl (C=O) groups excluding carboxylic acids is 2. The summed E-state index contributed by atoms with van der Waals surface area (Å²) in [5.41, 5.74) is 3.57. The van der Waals surface area contributed by atoms with Crippen LogP contribution in [0.1, 0.15) is 17.5 Å². The minimum Gasteiger partial charge on any atom is -0.479 e. The minimum atomic E-state index is -1.71. The van der Waals surface area contributed by atoms with Gasteiger partial charge in [0.05, 0.1) is 11.9 Å². The molecular weight excluding hydrogens is 458 g/mol. The lowest BCUT2D eigenvalue weighted by atomic mass is 9.97. The van der Waals surface area contributed by atoms with Gasteiger partial charge in [-0.15, -0.1) is 0 Å². The van der Waals surface area contributed by atoms with Gasteiger partial charge in [0.1, 0.15) is 0 Å². The van der Waals surface area contributed by atoms with Crippen LogP contribution >= 0.6 is 11.6 Å². The van der Waals surface area contributed by atoms with Crippen molar-refractivity contribution in [2.75, 3.05) is 5.32 Å². The van der Waals surface area contributed by atoms with Crippen molar-refractivity contribution in [3.8, 4) is 11.1 Å². The average Bonchev–Trinajstić information content (AvgIpc) is 2.81. The van der Waals surface area contributed by atoms with Crippen LogP contribution in [0.3, 0.4) is 0 Å². The number of carbonyl (C=O) groups is 3. The molecular formula is C25H24ClN3O5. The van der Waals surface area contributed by atoms with E-state index >= 15 is 0 Å². The van der Waals surface area contributed by atoms with Crippen LogP contribution in [-0.2, 0) is 20.8 Å². The number of amides is 2. The summed E-state index contributed by atoms with van der Waals surface area (Å²) >= 11 is 6.46. The van der Waals surface area contributed by atoms with E-state index in [1.807, 2.05) is 36.4 Å². The number of hydrogen-bond donors (Lipinski definition) is 4. The maximum atomic E-state index is 12.5. The maximum Gasteiger partial charge on any atom is 0.332 e. The van der Waals surface area contributed by atoms with E-state index in [-0.39, 0.29) is 12.8 Å². The normalized spacial score (nSPS) is 12.4. The third kappa shape index (κ3) is 6.63. The Balaban J connectivity index is 1.74. The topological polar surface area (TPSA) is 129 Å². The molecule has 3 aromatic rings. The van der Waals surface area contributed by atoms with Gasteiger partial charge in [0.15, 0.2) is 6.10 Å². The molecule has 0 aliphatic heterocycles. The van der Waals surface area contributed by atoms with Gasteiger partial charge >= 0.3 is 17.8 Å². The van der Waals surface area contributed by atoms with Gasteiger partial charge < -0.3 is 20.8 Å². The van der Waals surface area contributed by atoms with Crippen molar-refractivity contribution in [2.45, 2.75) is 31.9 Å². The van der Waals surface area contributed by atoms with Crippen LogP contribution < -0.4 is 10.6 Å². The van der Waals surface area contributed by atoms with E-state index in [0.717, 1.165) is 16.7 Å². The fourth-order valence-corrected chi connectivity index (χ4v) is 3.72. The highest BCUT2D eigenvalue weighted by atomic mass is 35.5. The van der Waals surface area contributed by atoms with Crippen LogP contribution in [0, 0.1) is 6.92 Å². The number of aryl methyl sites for hydroxylation is 1. The van der Waals surface area contributed by atoms with Crippen molar-refractivity contribution in [1.29, 1.82) is 0 Å². The second-order valence-corrected chi connectivity index (χ2v) is 8.20. The summed E-state index contributed by atoms with van der Waals surface area (Å²) in [6.07, 6.45) is 1.13. The molecule has 34 heavy (non-hydrogen) atoms. The molecule has 0 spiro atoms. The predicted octanol–water partition coefficient (Wildman–Crippen LogP) is 3.21. The number of rotatable bonds is 8. The van der Waals surface area contributed by atoms with E-state index in [4.69, 9.17) is 16.7 Å². The average molecular weight is 482 g/mol. The van der Waals surface area contributed by atoms with Crippen LogP contribution in [0.2, 0.25) is 5.02 Å². The summed E-state index contributed by atoms with van der Waals surface area (Å²) < 4.78 is 0. The molecule has 0 aliphatic carbocycles. The Hall–Kier alpha value is -3.75. The highest BCUT2D eigenvalue weighted by Gasteiger charge is 2.25. The Morgan fingerprint density at radius 2 is 1.79 bits per heavy atom. The molecule has 2 amide bonds. The van der Waals surface area contributed by atoms with Crippen molar-refractivity contribution >= 4 is 35.1 Å². The van der Waals surface area contributed by atoms with E-state index in [2.05, 4.69) is 15.6 Å². The zero-order valence-corrected chi connectivity index (χ0v) is 19.1. The molecule has 0 unspecified atom stereocenters. The zero-order valence-electron chi connectivity index (χ0n) is 18.4. The Morgan fingerprint density at radius 3 is 2.44 bits per heavy atom. The number of carboxylic acids is 1. The smallest absolute Gasteiger partial charge is 0.332 e. The van der Waals surface area contributed by atoms with Crippen LogP contribution in [0.5, 0.6) is 0 Å². The fourth-order valence-electron chi connectivity index (χ4n) is 3.41. The standard InChI is InChI=1S/C25H24ClN3O5/c1-15-9-10-27-14-21(15)29-24(32)23(31)28-18(13-22(30)25(33)34)11-16-7-8-19(20(26)12-16)17-5-3-2-4-6-17/h2-10,12,14,18,22,30H,11,13H2,1H3,(H,28,31)(H,29,32)(H,33,34)/t18-,22-/m1/s1. The molecule has 1 heterocycles. The molecule has 0 saturated carbocycles. The maximum absolute atomic E-state index is 12.5. The molecule has 1 aromatic heterocycles. The number of halogens is 1. The van der Waals surface area contributed by atoms with Gasteiger partial charge in [0.25, 0.3) is 0 Å². The second-order valence-electron chi connectivity index (χ2n) is 7.79. The van der Waals surface area contributed by atoms with Crippen molar-refractivity contribution in [3.63, 3.8) is 0 Å². The number of nitrogens with zero attached hydrogens (tertiary/aromatic N) is 1. The molecule has 8 nitrogen and oxygen atoms in total. The largest absolute Gasteiger partial charge is 0.479 e.